The van der Waals surface area contributed by atoms with E-state index in [0.717, 1.165) is 30.4 Å². The first-order chi connectivity index (χ1) is 18.9. The van der Waals surface area contributed by atoms with Crippen LogP contribution in [0.2, 0.25) is 0 Å². The van der Waals surface area contributed by atoms with E-state index < -0.39 is 6.10 Å². The Morgan fingerprint density at radius 1 is 1.21 bits per heavy atom. The number of piperidine rings is 1. The van der Waals surface area contributed by atoms with Crippen molar-refractivity contribution >= 4 is 23.2 Å². The molecule has 4 aromatic heterocycles. The number of H-pyrrole nitrogens is 1. The minimum Gasteiger partial charge on any atom is -0.387 e. The molecule has 1 unspecified atom stereocenters. The second-order valence-electron chi connectivity index (χ2n) is 10.5. The molecule has 202 valence electrons. The van der Waals surface area contributed by atoms with Gasteiger partial charge in [-0.25, -0.2) is 4.98 Å². The number of aliphatic hydroxyl groups excluding tert-OH is 1. The van der Waals surface area contributed by atoms with Crippen LogP contribution < -0.4 is 5.73 Å². The number of Topliss-reactive ketones (excluding diaryl/α,β-unsaturated/α-hetero) is 1. The lowest BCUT2D eigenvalue weighted by Gasteiger charge is -2.38. The van der Waals surface area contributed by atoms with E-state index in [0.29, 0.717) is 41.9 Å². The summed E-state index contributed by atoms with van der Waals surface area (Å²) >= 11 is 0. The zero-order chi connectivity index (χ0) is 27.3. The highest BCUT2D eigenvalue weighted by molar-refractivity contribution is 6.00. The van der Waals surface area contributed by atoms with Gasteiger partial charge in [0.05, 0.1) is 29.3 Å². The zero-order valence-corrected chi connectivity index (χ0v) is 21.9. The van der Waals surface area contributed by atoms with E-state index >= 15 is 0 Å². The summed E-state index contributed by atoms with van der Waals surface area (Å²) in [6.45, 7) is 3.51. The van der Waals surface area contributed by atoms with Gasteiger partial charge in [0.1, 0.15) is 12.1 Å². The lowest BCUT2D eigenvalue weighted by molar-refractivity contribution is 0.0556. The molecule has 4 N–H and O–H groups in total. The fraction of sp³-hybridized carbons (Fsp3) is 0.444. The number of aliphatic hydroxyl groups is 1. The molecule has 6 rings (SSSR count). The Balaban J connectivity index is 1.37. The number of hydrogen-bond donors (Lipinski definition) is 3. The Kier molecular flexibility index (Phi) is 6.34. The largest absolute Gasteiger partial charge is 0.387 e. The third-order valence-electron chi connectivity index (χ3n) is 8.04. The average molecular weight is 530 g/mol. The zero-order valence-electron chi connectivity index (χ0n) is 21.9. The van der Waals surface area contributed by atoms with Crippen LogP contribution >= 0.6 is 0 Å². The molecule has 4 atom stereocenters. The van der Waals surface area contributed by atoms with Crippen LogP contribution in [0.15, 0.2) is 30.9 Å². The number of nitrogens with two attached hydrogens (primary N) is 1. The van der Waals surface area contributed by atoms with Crippen molar-refractivity contribution in [3.63, 3.8) is 0 Å². The molecule has 0 saturated carbocycles. The molecule has 12 nitrogen and oxygen atoms in total. The molecule has 2 fully saturated rings. The number of anilines is 1. The van der Waals surface area contributed by atoms with E-state index in [9.17, 15) is 14.7 Å². The molecule has 6 heterocycles. The van der Waals surface area contributed by atoms with E-state index in [-0.39, 0.29) is 41.3 Å². The minimum absolute atomic E-state index is 0.0149. The van der Waals surface area contributed by atoms with Gasteiger partial charge in [-0.2, -0.15) is 9.61 Å². The molecule has 0 aliphatic carbocycles. The SMILES string of the molecule is CCCC(O)c1ccc(-c2cnn3c(N)c(C(C)=O)c([C@H]4C[C@H]5CC[C@@H](C4)N5C(=O)c4nnc[nH]4)nc23)cn1. The van der Waals surface area contributed by atoms with Crippen LogP contribution in [0.25, 0.3) is 16.8 Å². The van der Waals surface area contributed by atoms with Crippen molar-refractivity contribution in [3.05, 3.63) is 53.6 Å². The van der Waals surface area contributed by atoms with Gasteiger partial charge in [-0.15, -0.1) is 10.2 Å². The lowest BCUT2D eigenvalue weighted by Crippen LogP contribution is -2.46. The predicted molar refractivity (Wildman–Crippen MR) is 142 cm³/mol. The number of carbonyl (C=O) groups excluding carboxylic acids is 2. The van der Waals surface area contributed by atoms with Gasteiger partial charge in [-0.3, -0.25) is 14.6 Å². The maximum absolute atomic E-state index is 13.1. The van der Waals surface area contributed by atoms with E-state index in [1.165, 1.54) is 17.8 Å². The maximum atomic E-state index is 13.1. The molecule has 1 amide bonds. The number of amides is 1. The Hall–Kier alpha value is -4.19. The molecule has 0 radical (unpaired) electrons. The molecule has 2 saturated heterocycles. The van der Waals surface area contributed by atoms with E-state index in [4.69, 9.17) is 10.7 Å². The number of hydrogen-bond acceptors (Lipinski definition) is 9. The smallest absolute Gasteiger partial charge is 0.292 e. The van der Waals surface area contributed by atoms with Crippen molar-refractivity contribution in [2.75, 3.05) is 5.73 Å². The standard InChI is InChI=1S/C27H31N9O3/c1-3-4-21(38)20-8-5-15(11-29-20)19-12-32-36-24(28)22(14(2)37)23(33-26(19)36)16-9-17-6-7-18(10-16)35(17)27(39)25-30-13-31-34-25/h5,8,11-13,16-18,21,38H,3-4,6-7,9-10,28H2,1-2H3,(H,30,31,34)/t16-,17+,18-,21?. The van der Waals surface area contributed by atoms with Crippen LogP contribution in [0.4, 0.5) is 5.82 Å². The van der Waals surface area contributed by atoms with Gasteiger partial charge < -0.3 is 20.7 Å². The summed E-state index contributed by atoms with van der Waals surface area (Å²) in [6, 6.07) is 3.73. The van der Waals surface area contributed by atoms with Crippen molar-refractivity contribution in [3.8, 4) is 11.1 Å². The number of pyridine rings is 1. The summed E-state index contributed by atoms with van der Waals surface area (Å²) in [5.74, 6) is 0.136. The molecule has 2 aliphatic heterocycles. The first-order valence-electron chi connectivity index (χ1n) is 13.4. The molecule has 0 spiro atoms. The van der Waals surface area contributed by atoms with Crippen molar-refractivity contribution in [2.24, 2.45) is 0 Å². The Morgan fingerprint density at radius 2 is 1.97 bits per heavy atom. The molecule has 39 heavy (non-hydrogen) atoms. The van der Waals surface area contributed by atoms with Gasteiger partial charge in [0.25, 0.3) is 5.91 Å². The van der Waals surface area contributed by atoms with Crippen LogP contribution in [0, 0.1) is 0 Å². The van der Waals surface area contributed by atoms with Crippen molar-refractivity contribution < 1.29 is 14.7 Å². The van der Waals surface area contributed by atoms with E-state index in [1.54, 1.807) is 12.4 Å². The molecule has 12 heteroatoms. The number of fused-ring (bicyclic) bond motifs is 3. The summed E-state index contributed by atoms with van der Waals surface area (Å²) in [4.78, 5) is 40.1. The summed E-state index contributed by atoms with van der Waals surface area (Å²) in [6.07, 6.45) is 8.79. The fourth-order valence-electron chi connectivity index (χ4n) is 6.24. The second kappa shape index (κ2) is 9.84. The highest BCUT2D eigenvalue weighted by Crippen LogP contribution is 2.45. The molecular formula is C27H31N9O3. The number of ketones is 1. The monoisotopic (exact) mass is 529 g/mol. The number of aromatic nitrogens is 7. The van der Waals surface area contributed by atoms with Gasteiger partial charge in [0.15, 0.2) is 11.4 Å². The van der Waals surface area contributed by atoms with Crippen LogP contribution in [-0.2, 0) is 0 Å². The first kappa shape index (κ1) is 25.1. The number of carbonyl (C=O) groups is 2. The van der Waals surface area contributed by atoms with Gasteiger partial charge >= 0.3 is 0 Å². The van der Waals surface area contributed by atoms with Crippen LogP contribution in [0.5, 0.6) is 0 Å². The third kappa shape index (κ3) is 4.24. The topological polar surface area (TPSA) is 168 Å². The predicted octanol–water partition coefficient (Wildman–Crippen LogP) is 3.08. The Labute approximate surface area is 224 Å². The minimum atomic E-state index is -0.608. The molecule has 4 aromatic rings. The quantitative estimate of drug-likeness (QED) is 0.305. The first-order valence-corrected chi connectivity index (χ1v) is 13.4. The van der Waals surface area contributed by atoms with Gasteiger partial charge in [0.2, 0.25) is 5.82 Å². The third-order valence-corrected chi connectivity index (χ3v) is 8.04. The molecular weight excluding hydrogens is 498 g/mol. The normalized spacial score (nSPS) is 21.4. The van der Waals surface area contributed by atoms with E-state index in [2.05, 4.69) is 25.3 Å². The van der Waals surface area contributed by atoms with Crippen molar-refractivity contribution in [2.45, 2.75) is 76.5 Å². The Bertz CT molecular complexity index is 1520. The molecule has 2 aliphatic rings. The van der Waals surface area contributed by atoms with Gasteiger partial charge in [-0.1, -0.05) is 19.4 Å². The average Bonchev–Trinajstić information content (AvgIpc) is 3.67. The molecule has 2 bridgehead atoms. The van der Waals surface area contributed by atoms with Gasteiger partial charge in [-0.05, 0) is 45.1 Å². The van der Waals surface area contributed by atoms with Crippen molar-refractivity contribution in [1.29, 1.82) is 0 Å². The summed E-state index contributed by atoms with van der Waals surface area (Å²) in [5, 5.41) is 22.4. The number of rotatable bonds is 7. The summed E-state index contributed by atoms with van der Waals surface area (Å²) in [7, 11) is 0. The highest BCUT2D eigenvalue weighted by Gasteiger charge is 2.45. The number of nitrogens with one attached hydrogen (secondary N) is 1. The maximum Gasteiger partial charge on any atom is 0.292 e. The fourth-order valence-corrected chi connectivity index (χ4v) is 6.24. The summed E-state index contributed by atoms with van der Waals surface area (Å²) in [5.41, 5.74) is 10.3. The molecule has 0 aromatic carbocycles. The number of nitrogens with zero attached hydrogens (tertiary/aromatic N) is 7. The van der Waals surface area contributed by atoms with Crippen LogP contribution in [0.1, 0.15) is 96.8 Å². The van der Waals surface area contributed by atoms with Crippen LogP contribution in [-0.4, -0.2) is 68.5 Å². The number of nitrogen functional groups attached to an aromatic ring is 1. The van der Waals surface area contributed by atoms with Crippen LogP contribution in [0.3, 0.4) is 0 Å². The van der Waals surface area contributed by atoms with Crippen molar-refractivity contribution in [1.82, 2.24) is 39.7 Å². The van der Waals surface area contributed by atoms with E-state index in [1.807, 2.05) is 24.0 Å². The second-order valence-corrected chi connectivity index (χ2v) is 10.5. The van der Waals surface area contributed by atoms with Gasteiger partial charge in [0, 0.05) is 35.3 Å². The lowest BCUT2D eigenvalue weighted by atomic mass is 9.85. The summed E-state index contributed by atoms with van der Waals surface area (Å²) < 4.78 is 1.51. The highest BCUT2D eigenvalue weighted by atomic mass is 16.3. The number of aromatic amines is 1. The Morgan fingerprint density at radius 3 is 2.59 bits per heavy atom.